The lowest BCUT2D eigenvalue weighted by atomic mass is 10.1. The first kappa shape index (κ1) is 10.9. The minimum absolute atomic E-state index is 0.216. The second-order valence-corrected chi connectivity index (χ2v) is 3.67. The van der Waals surface area contributed by atoms with Gasteiger partial charge in [-0.3, -0.25) is 4.98 Å². The zero-order chi connectivity index (χ0) is 11.5. The number of oxazole rings is 1. The summed E-state index contributed by atoms with van der Waals surface area (Å²) in [6, 6.07) is 5.91. The summed E-state index contributed by atoms with van der Waals surface area (Å²) in [5.74, 6) is -0.415. The van der Waals surface area contributed by atoms with E-state index in [0.717, 1.165) is 17.6 Å². The van der Waals surface area contributed by atoms with Crippen LogP contribution >= 0.6 is 0 Å². The van der Waals surface area contributed by atoms with Crippen molar-refractivity contribution in [3.63, 3.8) is 0 Å². The molecule has 1 aromatic heterocycles. The van der Waals surface area contributed by atoms with Crippen LogP contribution in [0.25, 0.3) is 11.1 Å². The van der Waals surface area contributed by atoms with Crippen LogP contribution in [0.15, 0.2) is 27.4 Å². The topological polar surface area (TPSA) is 70.1 Å². The van der Waals surface area contributed by atoms with Crippen molar-refractivity contribution in [2.45, 2.75) is 6.04 Å². The number of rotatable bonds is 4. The van der Waals surface area contributed by atoms with Crippen molar-refractivity contribution in [1.82, 2.24) is 15.6 Å². The maximum absolute atomic E-state index is 11.0. The SMILES string of the molecule is CNCC(NC)c1ccc2oc(=O)[nH]c2c1. The maximum Gasteiger partial charge on any atom is 0.417 e. The molecule has 2 rings (SSSR count). The van der Waals surface area contributed by atoms with Gasteiger partial charge >= 0.3 is 5.76 Å². The zero-order valence-corrected chi connectivity index (χ0v) is 9.33. The first-order valence-electron chi connectivity index (χ1n) is 5.19. The number of fused-ring (bicyclic) bond motifs is 1. The molecule has 16 heavy (non-hydrogen) atoms. The Bertz CT molecular complexity index is 529. The van der Waals surface area contributed by atoms with Gasteiger partial charge in [0.25, 0.3) is 0 Å². The molecule has 1 atom stereocenters. The van der Waals surface area contributed by atoms with Gasteiger partial charge in [-0.05, 0) is 31.8 Å². The Kier molecular flexibility index (Phi) is 3.07. The summed E-state index contributed by atoms with van der Waals surface area (Å²) in [7, 11) is 3.81. The second-order valence-electron chi connectivity index (χ2n) is 3.67. The van der Waals surface area contributed by atoms with Crippen LogP contribution in [-0.2, 0) is 0 Å². The number of nitrogens with one attached hydrogen (secondary N) is 3. The quantitative estimate of drug-likeness (QED) is 0.707. The highest BCUT2D eigenvalue weighted by Crippen LogP contribution is 2.17. The number of aromatic nitrogens is 1. The minimum Gasteiger partial charge on any atom is -0.408 e. The molecule has 1 heterocycles. The van der Waals surface area contributed by atoms with Gasteiger partial charge in [0.05, 0.1) is 5.52 Å². The van der Waals surface area contributed by atoms with Crippen LogP contribution in [0.5, 0.6) is 0 Å². The van der Waals surface area contributed by atoms with Gasteiger partial charge in [0, 0.05) is 12.6 Å². The van der Waals surface area contributed by atoms with Gasteiger partial charge in [-0.1, -0.05) is 6.07 Å². The molecule has 0 saturated heterocycles. The molecule has 5 nitrogen and oxygen atoms in total. The Morgan fingerprint density at radius 2 is 2.25 bits per heavy atom. The summed E-state index contributed by atoms with van der Waals surface area (Å²) in [5, 5.41) is 6.32. The molecule has 0 amide bonds. The zero-order valence-electron chi connectivity index (χ0n) is 9.33. The largest absolute Gasteiger partial charge is 0.417 e. The smallest absolute Gasteiger partial charge is 0.408 e. The Balaban J connectivity index is 2.40. The van der Waals surface area contributed by atoms with E-state index in [4.69, 9.17) is 4.42 Å². The van der Waals surface area contributed by atoms with Gasteiger partial charge in [0.1, 0.15) is 0 Å². The molecule has 5 heteroatoms. The first-order chi connectivity index (χ1) is 7.74. The number of likely N-dealkylation sites (N-methyl/N-ethyl adjacent to an activating group) is 2. The molecule has 0 aliphatic carbocycles. The molecule has 0 aliphatic heterocycles. The van der Waals surface area contributed by atoms with Crippen LogP contribution < -0.4 is 16.4 Å². The summed E-state index contributed by atoms with van der Waals surface area (Å²) < 4.78 is 4.95. The highest BCUT2D eigenvalue weighted by molar-refractivity contribution is 5.72. The third-order valence-electron chi connectivity index (χ3n) is 2.60. The van der Waals surface area contributed by atoms with Crippen LogP contribution in [-0.4, -0.2) is 25.6 Å². The summed E-state index contributed by atoms with van der Waals surface area (Å²) in [4.78, 5) is 13.7. The third kappa shape index (κ3) is 2.00. The molecule has 1 aromatic carbocycles. The van der Waals surface area contributed by atoms with Crippen molar-refractivity contribution in [1.29, 1.82) is 0 Å². The summed E-state index contributed by atoms with van der Waals surface area (Å²) in [6.45, 7) is 0.824. The third-order valence-corrected chi connectivity index (χ3v) is 2.60. The summed E-state index contributed by atoms with van der Waals surface area (Å²) >= 11 is 0. The van der Waals surface area contributed by atoms with E-state index < -0.39 is 5.76 Å². The number of aromatic amines is 1. The number of benzene rings is 1. The normalized spacial score (nSPS) is 13.1. The highest BCUT2D eigenvalue weighted by atomic mass is 16.4. The van der Waals surface area contributed by atoms with E-state index in [1.807, 2.05) is 32.3 Å². The molecule has 0 aliphatic rings. The number of hydrogen-bond acceptors (Lipinski definition) is 4. The summed E-state index contributed by atoms with van der Waals surface area (Å²) in [6.07, 6.45) is 0. The van der Waals surface area contributed by atoms with Crippen LogP contribution in [0.1, 0.15) is 11.6 Å². The molecule has 1 unspecified atom stereocenters. The van der Waals surface area contributed by atoms with Gasteiger partial charge in [-0.25, -0.2) is 4.79 Å². The van der Waals surface area contributed by atoms with E-state index in [-0.39, 0.29) is 6.04 Å². The average Bonchev–Trinajstić information content (AvgIpc) is 2.64. The van der Waals surface area contributed by atoms with E-state index in [1.54, 1.807) is 0 Å². The molecular formula is C11H15N3O2. The Hall–Kier alpha value is -1.59. The molecule has 0 fully saturated rings. The van der Waals surface area contributed by atoms with Gasteiger partial charge < -0.3 is 15.1 Å². The molecule has 0 spiro atoms. The van der Waals surface area contributed by atoms with Crippen molar-refractivity contribution in [3.05, 3.63) is 34.3 Å². The van der Waals surface area contributed by atoms with E-state index in [0.29, 0.717) is 5.58 Å². The Morgan fingerprint density at radius 3 is 2.94 bits per heavy atom. The van der Waals surface area contributed by atoms with Crippen molar-refractivity contribution in [3.8, 4) is 0 Å². The van der Waals surface area contributed by atoms with Crippen LogP contribution in [0, 0.1) is 0 Å². The van der Waals surface area contributed by atoms with Gasteiger partial charge in [-0.15, -0.1) is 0 Å². The fourth-order valence-corrected chi connectivity index (χ4v) is 1.78. The average molecular weight is 221 g/mol. The first-order valence-corrected chi connectivity index (χ1v) is 5.19. The lowest BCUT2D eigenvalue weighted by Crippen LogP contribution is -2.27. The van der Waals surface area contributed by atoms with Crippen LogP contribution in [0.4, 0.5) is 0 Å². The molecular weight excluding hydrogens is 206 g/mol. The van der Waals surface area contributed by atoms with Crippen LogP contribution in [0.2, 0.25) is 0 Å². The molecule has 3 N–H and O–H groups in total. The summed E-state index contributed by atoms with van der Waals surface area (Å²) in [5.41, 5.74) is 2.44. The van der Waals surface area contributed by atoms with Crippen molar-refractivity contribution in [2.75, 3.05) is 20.6 Å². The molecule has 0 bridgehead atoms. The monoisotopic (exact) mass is 221 g/mol. The lowest BCUT2D eigenvalue weighted by molar-refractivity contribution is 0.553. The van der Waals surface area contributed by atoms with Gasteiger partial charge in [0.2, 0.25) is 0 Å². The van der Waals surface area contributed by atoms with Gasteiger partial charge in [0.15, 0.2) is 5.58 Å². The second kappa shape index (κ2) is 4.51. The minimum atomic E-state index is -0.415. The van der Waals surface area contributed by atoms with Crippen molar-refractivity contribution >= 4 is 11.1 Å². The lowest BCUT2D eigenvalue weighted by Gasteiger charge is -2.15. The van der Waals surface area contributed by atoms with E-state index in [9.17, 15) is 4.79 Å². The Labute approximate surface area is 92.8 Å². The fourth-order valence-electron chi connectivity index (χ4n) is 1.78. The number of H-pyrrole nitrogens is 1. The molecule has 0 radical (unpaired) electrons. The predicted octanol–water partition coefficient (Wildman–Crippen LogP) is 0.601. The highest BCUT2D eigenvalue weighted by Gasteiger charge is 2.09. The van der Waals surface area contributed by atoms with Crippen molar-refractivity contribution < 1.29 is 4.42 Å². The van der Waals surface area contributed by atoms with Crippen LogP contribution in [0.3, 0.4) is 0 Å². The molecule has 86 valence electrons. The fraction of sp³-hybridized carbons (Fsp3) is 0.364. The Morgan fingerprint density at radius 1 is 1.44 bits per heavy atom. The van der Waals surface area contributed by atoms with Crippen molar-refractivity contribution in [2.24, 2.45) is 0 Å². The van der Waals surface area contributed by atoms with E-state index in [1.165, 1.54) is 0 Å². The maximum atomic E-state index is 11.0. The predicted molar refractivity (Wildman–Crippen MR) is 62.6 cm³/mol. The van der Waals surface area contributed by atoms with E-state index >= 15 is 0 Å². The van der Waals surface area contributed by atoms with E-state index in [2.05, 4.69) is 15.6 Å². The molecule has 0 saturated carbocycles. The van der Waals surface area contributed by atoms with Gasteiger partial charge in [-0.2, -0.15) is 0 Å². The number of hydrogen-bond donors (Lipinski definition) is 3. The standard InChI is InChI=1S/C11H15N3O2/c1-12-6-9(13-2)7-3-4-10-8(5-7)14-11(15)16-10/h3-5,9,12-13H,6H2,1-2H3,(H,14,15). The molecule has 2 aromatic rings.